The van der Waals surface area contributed by atoms with Crippen molar-refractivity contribution in [2.24, 2.45) is 5.73 Å². The van der Waals surface area contributed by atoms with Gasteiger partial charge < -0.3 is 5.73 Å². The molecule has 112 valence electrons. The summed E-state index contributed by atoms with van der Waals surface area (Å²) in [5.41, 5.74) is 6.86. The average molecular weight is 306 g/mol. The van der Waals surface area contributed by atoms with Crippen molar-refractivity contribution in [3.05, 3.63) is 48.3 Å². The second-order valence-electron chi connectivity index (χ2n) is 5.27. The number of nitrogens with zero attached hydrogens (tertiary/aromatic N) is 3. The molecule has 0 radical (unpaired) electrons. The topological polar surface area (TPSA) is 81.2 Å². The van der Waals surface area contributed by atoms with Gasteiger partial charge in [-0.05, 0) is 12.0 Å². The number of sulfonamides is 1. The molecule has 0 amide bonds. The summed E-state index contributed by atoms with van der Waals surface area (Å²) >= 11 is 0. The molecule has 1 unspecified atom stereocenters. The summed E-state index contributed by atoms with van der Waals surface area (Å²) in [5, 5.41) is 4.15. The Kier molecular flexibility index (Phi) is 3.79. The fourth-order valence-electron chi connectivity index (χ4n) is 2.46. The smallest absolute Gasteiger partial charge is 0.246 e. The molecule has 7 heteroatoms. The Bertz CT molecular complexity index is 712. The van der Waals surface area contributed by atoms with Gasteiger partial charge in [-0.25, -0.2) is 8.42 Å². The van der Waals surface area contributed by atoms with E-state index in [1.54, 1.807) is 10.9 Å². The van der Waals surface area contributed by atoms with Gasteiger partial charge in [0.25, 0.3) is 0 Å². The fourth-order valence-corrected chi connectivity index (χ4v) is 3.92. The number of aromatic nitrogens is 2. The third-order valence-corrected chi connectivity index (χ3v) is 5.44. The van der Waals surface area contributed by atoms with Crippen LogP contribution in [0, 0.1) is 0 Å². The maximum absolute atomic E-state index is 12.5. The van der Waals surface area contributed by atoms with E-state index in [2.05, 4.69) is 5.10 Å². The summed E-state index contributed by atoms with van der Waals surface area (Å²) in [6.07, 6.45) is 3.69. The molecule has 0 saturated carbocycles. The van der Waals surface area contributed by atoms with Crippen LogP contribution in [0.4, 0.5) is 0 Å². The Morgan fingerprint density at radius 2 is 2.05 bits per heavy atom. The molecule has 3 rings (SSSR count). The molecular weight excluding hydrogens is 288 g/mol. The highest BCUT2D eigenvalue weighted by Crippen LogP contribution is 2.20. The van der Waals surface area contributed by atoms with Crippen molar-refractivity contribution in [3.63, 3.8) is 0 Å². The monoisotopic (exact) mass is 306 g/mol. The normalized spacial score (nSPS) is 20.0. The largest absolute Gasteiger partial charge is 0.326 e. The SMILES string of the molecule is NC1CCN(S(=O)(=O)c2cnn(Cc3ccccc3)c2)C1. The quantitative estimate of drug-likeness (QED) is 0.899. The van der Waals surface area contributed by atoms with Crippen molar-refractivity contribution in [3.8, 4) is 0 Å². The summed E-state index contributed by atoms with van der Waals surface area (Å²) in [7, 11) is -3.47. The maximum atomic E-state index is 12.5. The number of rotatable bonds is 4. The first-order chi connectivity index (χ1) is 10.1. The lowest BCUT2D eigenvalue weighted by atomic mass is 10.2. The van der Waals surface area contributed by atoms with Crippen LogP contribution in [-0.4, -0.2) is 41.6 Å². The zero-order valence-corrected chi connectivity index (χ0v) is 12.4. The Labute approximate surface area is 124 Å². The van der Waals surface area contributed by atoms with Crippen LogP contribution < -0.4 is 5.73 Å². The maximum Gasteiger partial charge on any atom is 0.246 e. The third-order valence-electron chi connectivity index (χ3n) is 3.62. The molecule has 6 nitrogen and oxygen atoms in total. The molecule has 0 spiro atoms. The minimum atomic E-state index is -3.47. The van der Waals surface area contributed by atoms with Crippen molar-refractivity contribution in [2.45, 2.75) is 23.9 Å². The zero-order chi connectivity index (χ0) is 14.9. The Balaban J connectivity index is 1.78. The lowest BCUT2D eigenvalue weighted by molar-refractivity contribution is 0.472. The first-order valence-corrected chi connectivity index (χ1v) is 8.32. The minimum Gasteiger partial charge on any atom is -0.326 e. The van der Waals surface area contributed by atoms with Crippen molar-refractivity contribution < 1.29 is 8.42 Å². The highest BCUT2D eigenvalue weighted by atomic mass is 32.2. The van der Waals surface area contributed by atoms with Gasteiger partial charge in [0, 0.05) is 25.3 Å². The van der Waals surface area contributed by atoms with E-state index in [0.717, 1.165) is 5.56 Å². The molecule has 1 saturated heterocycles. The van der Waals surface area contributed by atoms with Crippen LogP contribution in [-0.2, 0) is 16.6 Å². The molecule has 1 aromatic heterocycles. The van der Waals surface area contributed by atoms with E-state index >= 15 is 0 Å². The van der Waals surface area contributed by atoms with Crippen LogP contribution >= 0.6 is 0 Å². The summed E-state index contributed by atoms with van der Waals surface area (Å²) in [4.78, 5) is 0.229. The molecule has 2 aromatic rings. The summed E-state index contributed by atoms with van der Waals surface area (Å²) in [6, 6.07) is 9.73. The molecule has 1 atom stereocenters. The first kappa shape index (κ1) is 14.2. The molecule has 1 aromatic carbocycles. The van der Waals surface area contributed by atoms with E-state index < -0.39 is 10.0 Å². The van der Waals surface area contributed by atoms with E-state index in [1.165, 1.54) is 10.5 Å². The van der Waals surface area contributed by atoms with Crippen LogP contribution in [0.3, 0.4) is 0 Å². The highest BCUT2D eigenvalue weighted by Gasteiger charge is 2.31. The van der Waals surface area contributed by atoms with E-state index in [0.29, 0.717) is 26.1 Å². The minimum absolute atomic E-state index is 0.0702. The number of benzene rings is 1. The van der Waals surface area contributed by atoms with Crippen molar-refractivity contribution in [1.29, 1.82) is 0 Å². The summed E-state index contributed by atoms with van der Waals surface area (Å²) in [5.74, 6) is 0. The predicted molar refractivity (Wildman–Crippen MR) is 79.1 cm³/mol. The number of hydrogen-bond donors (Lipinski definition) is 1. The Morgan fingerprint density at radius 3 is 2.71 bits per heavy atom. The summed E-state index contributed by atoms with van der Waals surface area (Å²) < 4.78 is 28.0. The molecule has 1 fully saturated rings. The Hall–Kier alpha value is -1.70. The molecule has 2 N–H and O–H groups in total. The standard InChI is InChI=1S/C14H18N4O2S/c15-13-6-7-18(10-13)21(19,20)14-8-16-17(11-14)9-12-4-2-1-3-5-12/h1-5,8,11,13H,6-7,9-10,15H2. The number of nitrogens with two attached hydrogens (primary N) is 1. The van der Waals surface area contributed by atoms with E-state index in [9.17, 15) is 8.42 Å². The van der Waals surface area contributed by atoms with Crippen LogP contribution in [0.25, 0.3) is 0 Å². The highest BCUT2D eigenvalue weighted by molar-refractivity contribution is 7.89. The van der Waals surface area contributed by atoms with Gasteiger partial charge in [-0.3, -0.25) is 4.68 Å². The third kappa shape index (κ3) is 2.99. The van der Waals surface area contributed by atoms with E-state index in [-0.39, 0.29) is 10.9 Å². The van der Waals surface area contributed by atoms with Gasteiger partial charge in [-0.1, -0.05) is 30.3 Å². The molecule has 2 heterocycles. The van der Waals surface area contributed by atoms with Gasteiger partial charge in [-0.15, -0.1) is 0 Å². The van der Waals surface area contributed by atoms with E-state index in [4.69, 9.17) is 5.73 Å². The molecule has 0 bridgehead atoms. The average Bonchev–Trinajstić information content (AvgIpc) is 3.10. The van der Waals surface area contributed by atoms with Gasteiger partial charge in [0.2, 0.25) is 10.0 Å². The lowest BCUT2D eigenvalue weighted by Gasteiger charge is -2.14. The van der Waals surface area contributed by atoms with Gasteiger partial charge in [0.1, 0.15) is 4.90 Å². The zero-order valence-electron chi connectivity index (χ0n) is 11.6. The second-order valence-corrected chi connectivity index (χ2v) is 7.21. The Morgan fingerprint density at radius 1 is 1.29 bits per heavy atom. The van der Waals surface area contributed by atoms with Gasteiger partial charge in [0.05, 0.1) is 12.7 Å². The molecule has 21 heavy (non-hydrogen) atoms. The summed E-state index contributed by atoms with van der Waals surface area (Å²) in [6.45, 7) is 1.41. The van der Waals surface area contributed by atoms with Crippen LogP contribution in [0.1, 0.15) is 12.0 Å². The van der Waals surface area contributed by atoms with E-state index in [1.807, 2.05) is 30.3 Å². The van der Waals surface area contributed by atoms with Gasteiger partial charge in [0.15, 0.2) is 0 Å². The van der Waals surface area contributed by atoms with Crippen LogP contribution in [0.15, 0.2) is 47.6 Å². The van der Waals surface area contributed by atoms with Gasteiger partial charge in [-0.2, -0.15) is 9.40 Å². The van der Waals surface area contributed by atoms with Crippen molar-refractivity contribution >= 4 is 10.0 Å². The molecule has 1 aliphatic heterocycles. The number of hydrogen-bond acceptors (Lipinski definition) is 4. The van der Waals surface area contributed by atoms with Crippen LogP contribution in [0.2, 0.25) is 0 Å². The van der Waals surface area contributed by atoms with Gasteiger partial charge >= 0.3 is 0 Å². The molecular formula is C14H18N4O2S. The van der Waals surface area contributed by atoms with Crippen LogP contribution in [0.5, 0.6) is 0 Å². The lowest BCUT2D eigenvalue weighted by Crippen LogP contribution is -2.31. The molecule has 1 aliphatic rings. The predicted octanol–water partition coefficient (Wildman–Crippen LogP) is 0.653. The second kappa shape index (κ2) is 5.59. The first-order valence-electron chi connectivity index (χ1n) is 6.88. The van der Waals surface area contributed by atoms with Crippen molar-refractivity contribution in [1.82, 2.24) is 14.1 Å². The fraction of sp³-hybridized carbons (Fsp3) is 0.357. The van der Waals surface area contributed by atoms with Crippen molar-refractivity contribution in [2.75, 3.05) is 13.1 Å². The molecule has 0 aliphatic carbocycles.